The molecular weight excluding hydrogens is 236 g/mol. The normalized spacial score (nSPS) is 10.2. The van der Waals surface area contributed by atoms with E-state index in [1.807, 2.05) is 13.1 Å². The summed E-state index contributed by atoms with van der Waals surface area (Å²) in [5.74, 6) is 0.342. The first-order valence-electron chi connectivity index (χ1n) is 5.38. The summed E-state index contributed by atoms with van der Waals surface area (Å²) in [7, 11) is 2.96. The van der Waals surface area contributed by atoms with Crippen LogP contribution < -0.4 is 14.8 Å². The predicted molar refractivity (Wildman–Crippen MR) is 64.1 cm³/mol. The molecule has 18 heavy (non-hydrogen) atoms. The average molecular weight is 250 g/mol. The number of rotatable bonds is 5. The molecule has 0 radical (unpaired) electrons. The quantitative estimate of drug-likeness (QED) is 0.841. The molecule has 0 saturated carbocycles. The van der Waals surface area contributed by atoms with Crippen LogP contribution in [0.15, 0.2) is 12.4 Å². The third-order valence-corrected chi connectivity index (χ3v) is 2.17. The summed E-state index contributed by atoms with van der Waals surface area (Å²) in [6.45, 7) is 2.80. The van der Waals surface area contributed by atoms with Crippen molar-refractivity contribution in [2.24, 2.45) is 0 Å². The fraction of sp³-hybridized carbons (Fsp3) is 0.400. The van der Waals surface area contributed by atoms with Gasteiger partial charge in [-0.1, -0.05) is 0 Å². The van der Waals surface area contributed by atoms with Crippen molar-refractivity contribution in [3.8, 4) is 12.0 Å². The number of nitrogens with one attached hydrogen (secondary N) is 1. The van der Waals surface area contributed by atoms with Gasteiger partial charge in [0.15, 0.2) is 0 Å². The monoisotopic (exact) mass is 250 g/mol. The lowest BCUT2D eigenvalue weighted by atomic mass is 10.5. The molecule has 0 saturated heterocycles. The topological polar surface area (TPSA) is 87.0 Å². The Labute approximate surface area is 104 Å². The number of ether oxygens (including phenoxy) is 2. The van der Waals surface area contributed by atoms with E-state index in [4.69, 9.17) is 9.47 Å². The summed E-state index contributed by atoms with van der Waals surface area (Å²) in [5, 5.41) is 7.14. The maximum Gasteiger partial charge on any atom is 0.324 e. The molecule has 0 aliphatic heterocycles. The standard InChI is InChI=1S/C10H14N6O2/c1-4-16-6-7(5-11-16)12-8-13-9(17-2)15-10(14-8)18-3/h5-6H,4H2,1-3H3,(H,12,13,14,15). The van der Waals surface area contributed by atoms with Crippen LogP contribution in [0, 0.1) is 0 Å². The molecule has 0 amide bonds. The zero-order valence-corrected chi connectivity index (χ0v) is 10.4. The third kappa shape index (κ3) is 2.65. The van der Waals surface area contributed by atoms with E-state index in [1.165, 1.54) is 14.2 Å². The van der Waals surface area contributed by atoms with Crippen LogP contribution in [0.3, 0.4) is 0 Å². The van der Waals surface area contributed by atoms with Crippen molar-refractivity contribution < 1.29 is 9.47 Å². The number of aryl methyl sites for hydroxylation is 1. The van der Waals surface area contributed by atoms with Crippen molar-refractivity contribution in [1.82, 2.24) is 24.7 Å². The zero-order chi connectivity index (χ0) is 13.0. The minimum absolute atomic E-state index is 0.187. The van der Waals surface area contributed by atoms with Gasteiger partial charge in [-0.3, -0.25) is 4.68 Å². The molecule has 0 bridgehead atoms. The van der Waals surface area contributed by atoms with Crippen LogP contribution in [0.2, 0.25) is 0 Å². The van der Waals surface area contributed by atoms with Crippen molar-refractivity contribution >= 4 is 11.6 Å². The van der Waals surface area contributed by atoms with Crippen LogP contribution >= 0.6 is 0 Å². The smallest absolute Gasteiger partial charge is 0.324 e. The SMILES string of the molecule is CCn1cc(Nc2nc(OC)nc(OC)n2)cn1. The summed E-state index contributed by atoms with van der Waals surface area (Å²) in [6.07, 6.45) is 3.54. The average Bonchev–Trinajstić information content (AvgIpc) is 2.85. The Morgan fingerprint density at radius 2 is 1.83 bits per heavy atom. The molecule has 0 aliphatic carbocycles. The predicted octanol–water partition coefficient (Wildman–Crippen LogP) is 0.849. The second-order valence-electron chi connectivity index (χ2n) is 3.34. The van der Waals surface area contributed by atoms with Gasteiger partial charge in [0.2, 0.25) is 5.95 Å². The first-order valence-corrected chi connectivity index (χ1v) is 5.38. The number of anilines is 2. The Morgan fingerprint density at radius 3 is 2.33 bits per heavy atom. The van der Waals surface area contributed by atoms with Gasteiger partial charge in [-0.05, 0) is 6.92 Å². The molecule has 8 nitrogen and oxygen atoms in total. The van der Waals surface area contributed by atoms with Crippen molar-refractivity contribution in [3.05, 3.63) is 12.4 Å². The van der Waals surface area contributed by atoms with Crippen molar-refractivity contribution in [2.45, 2.75) is 13.5 Å². The van der Waals surface area contributed by atoms with E-state index in [0.29, 0.717) is 5.95 Å². The molecule has 2 aromatic rings. The lowest BCUT2D eigenvalue weighted by molar-refractivity contribution is 0.341. The van der Waals surface area contributed by atoms with Gasteiger partial charge in [0.05, 0.1) is 26.1 Å². The molecule has 0 fully saturated rings. The van der Waals surface area contributed by atoms with Crippen molar-refractivity contribution in [2.75, 3.05) is 19.5 Å². The molecule has 0 unspecified atom stereocenters. The van der Waals surface area contributed by atoms with Crippen LogP contribution in [0.25, 0.3) is 0 Å². The first-order chi connectivity index (χ1) is 8.75. The Morgan fingerprint density at radius 1 is 1.17 bits per heavy atom. The molecule has 2 heterocycles. The van der Waals surface area contributed by atoms with Gasteiger partial charge in [-0.15, -0.1) is 4.98 Å². The highest BCUT2D eigenvalue weighted by atomic mass is 16.5. The summed E-state index contributed by atoms with van der Waals surface area (Å²) in [4.78, 5) is 12.0. The van der Waals surface area contributed by atoms with E-state index in [0.717, 1.165) is 12.2 Å². The largest absolute Gasteiger partial charge is 0.467 e. The first kappa shape index (κ1) is 12.1. The molecular formula is C10H14N6O2. The van der Waals surface area contributed by atoms with E-state index in [9.17, 15) is 0 Å². The molecule has 1 N–H and O–H groups in total. The van der Waals surface area contributed by atoms with Crippen LogP contribution in [0.1, 0.15) is 6.92 Å². The fourth-order valence-corrected chi connectivity index (χ4v) is 1.31. The number of nitrogens with zero attached hydrogens (tertiary/aromatic N) is 5. The van der Waals surface area contributed by atoms with Gasteiger partial charge in [0.1, 0.15) is 0 Å². The van der Waals surface area contributed by atoms with Crippen LogP contribution in [0.4, 0.5) is 11.6 Å². The molecule has 8 heteroatoms. The Hall–Kier alpha value is -2.38. The number of hydrogen-bond acceptors (Lipinski definition) is 7. The highest BCUT2D eigenvalue weighted by Crippen LogP contribution is 2.16. The van der Waals surface area contributed by atoms with E-state index in [-0.39, 0.29) is 12.0 Å². The molecule has 0 aliphatic rings. The maximum absolute atomic E-state index is 4.96. The van der Waals surface area contributed by atoms with Crippen molar-refractivity contribution in [3.63, 3.8) is 0 Å². The highest BCUT2D eigenvalue weighted by molar-refractivity contribution is 5.50. The number of methoxy groups -OCH3 is 2. The van der Waals surface area contributed by atoms with Crippen LogP contribution in [0.5, 0.6) is 12.0 Å². The minimum Gasteiger partial charge on any atom is -0.467 e. The van der Waals surface area contributed by atoms with Gasteiger partial charge in [-0.2, -0.15) is 15.1 Å². The molecule has 2 aromatic heterocycles. The Bertz CT molecular complexity index is 505. The summed E-state index contributed by atoms with van der Waals surface area (Å²) >= 11 is 0. The molecule has 2 rings (SSSR count). The molecule has 0 aromatic carbocycles. The Kier molecular flexibility index (Phi) is 3.56. The van der Waals surface area contributed by atoms with Gasteiger partial charge >= 0.3 is 12.0 Å². The van der Waals surface area contributed by atoms with Gasteiger partial charge < -0.3 is 14.8 Å². The molecule has 96 valence electrons. The third-order valence-electron chi connectivity index (χ3n) is 2.17. The van der Waals surface area contributed by atoms with E-state index in [2.05, 4.69) is 25.4 Å². The van der Waals surface area contributed by atoms with E-state index in [1.54, 1.807) is 10.9 Å². The summed E-state index contributed by atoms with van der Waals surface area (Å²) in [5.41, 5.74) is 0.784. The zero-order valence-electron chi connectivity index (χ0n) is 10.4. The van der Waals surface area contributed by atoms with Crippen LogP contribution in [-0.2, 0) is 6.54 Å². The van der Waals surface area contributed by atoms with E-state index >= 15 is 0 Å². The van der Waals surface area contributed by atoms with Gasteiger partial charge in [-0.25, -0.2) is 0 Å². The van der Waals surface area contributed by atoms with Gasteiger partial charge in [0.25, 0.3) is 0 Å². The lowest BCUT2D eigenvalue weighted by Crippen LogP contribution is -2.03. The highest BCUT2D eigenvalue weighted by Gasteiger charge is 2.08. The van der Waals surface area contributed by atoms with Crippen molar-refractivity contribution in [1.29, 1.82) is 0 Å². The number of hydrogen-bond donors (Lipinski definition) is 1. The summed E-state index contributed by atoms with van der Waals surface area (Å²) in [6, 6.07) is 0.375. The minimum atomic E-state index is 0.187. The second-order valence-corrected chi connectivity index (χ2v) is 3.34. The van der Waals surface area contributed by atoms with Crippen LogP contribution in [-0.4, -0.2) is 39.0 Å². The van der Waals surface area contributed by atoms with E-state index < -0.39 is 0 Å². The molecule has 0 spiro atoms. The van der Waals surface area contributed by atoms with Gasteiger partial charge in [0, 0.05) is 12.7 Å². The molecule has 0 atom stereocenters. The Balaban J connectivity index is 2.22. The number of aromatic nitrogens is 5. The fourth-order valence-electron chi connectivity index (χ4n) is 1.31. The lowest BCUT2D eigenvalue weighted by Gasteiger charge is -2.05. The second kappa shape index (κ2) is 5.30. The summed E-state index contributed by atoms with van der Waals surface area (Å²) < 4.78 is 11.7. The maximum atomic E-state index is 4.96.